The maximum atomic E-state index is 8.75. The Balaban J connectivity index is 2.36. The largest absolute Gasteiger partial charge is 0.391 e. The Hall–Kier alpha value is -0.0800. The average molecular weight is 144 g/mol. The minimum Gasteiger partial charge on any atom is -0.391 e. The van der Waals surface area contributed by atoms with Gasteiger partial charge < -0.3 is 9.59 Å². The highest BCUT2D eigenvalue weighted by Crippen LogP contribution is 2.37. The van der Waals surface area contributed by atoms with E-state index in [9.17, 15) is 0 Å². The summed E-state index contributed by atoms with van der Waals surface area (Å²) in [6.45, 7) is 3.49. The van der Waals surface area contributed by atoms with Gasteiger partial charge in [-0.3, -0.25) is 0 Å². The Bertz CT molecular complexity index is 122. The van der Waals surface area contributed by atoms with E-state index in [0.29, 0.717) is 6.61 Å². The van der Waals surface area contributed by atoms with Gasteiger partial charge in [-0.1, -0.05) is 6.92 Å². The number of aliphatic hydroxyl groups is 1. The molecule has 1 saturated carbocycles. The van der Waals surface area contributed by atoms with E-state index in [0.717, 1.165) is 23.0 Å². The number of nitrogens with zero attached hydrogens (tertiary/aromatic N) is 1. The van der Waals surface area contributed by atoms with Gasteiger partial charge in [0.1, 0.15) is 6.54 Å². The lowest BCUT2D eigenvalue weighted by Crippen LogP contribution is -2.44. The summed E-state index contributed by atoms with van der Waals surface area (Å²) in [5.74, 6) is 0.876. The SMILES string of the molecule is CC1CC1[N+](C)(C)CCO. The molecular weight excluding hydrogens is 126 g/mol. The fourth-order valence-corrected chi connectivity index (χ4v) is 1.70. The van der Waals surface area contributed by atoms with Gasteiger partial charge in [0.15, 0.2) is 0 Å². The highest BCUT2D eigenvalue weighted by Gasteiger charge is 2.45. The molecule has 0 bridgehead atoms. The van der Waals surface area contributed by atoms with Crippen LogP contribution in [-0.4, -0.2) is 42.9 Å². The zero-order chi connectivity index (χ0) is 7.78. The van der Waals surface area contributed by atoms with Crippen molar-refractivity contribution < 1.29 is 9.59 Å². The normalized spacial score (nSPS) is 32.4. The molecule has 0 spiro atoms. The van der Waals surface area contributed by atoms with Gasteiger partial charge in [-0.2, -0.15) is 0 Å². The van der Waals surface area contributed by atoms with Gasteiger partial charge >= 0.3 is 0 Å². The van der Waals surface area contributed by atoms with Crippen molar-refractivity contribution in [1.29, 1.82) is 0 Å². The summed E-state index contributed by atoms with van der Waals surface area (Å²) >= 11 is 0. The molecular formula is C8H18NO+. The molecule has 0 amide bonds. The molecule has 2 atom stereocenters. The topological polar surface area (TPSA) is 20.2 Å². The Labute approximate surface area is 63.1 Å². The maximum absolute atomic E-state index is 8.75. The van der Waals surface area contributed by atoms with Crippen LogP contribution >= 0.6 is 0 Å². The molecule has 0 radical (unpaired) electrons. The molecule has 60 valence electrons. The predicted molar refractivity (Wildman–Crippen MR) is 41.6 cm³/mol. The lowest BCUT2D eigenvalue weighted by molar-refractivity contribution is -0.902. The van der Waals surface area contributed by atoms with E-state index in [1.165, 1.54) is 6.42 Å². The standard InChI is InChI=1S/C8H18NO/c1-7-6-8(7)9(2,3)4-5-10/h7-8,10H,4-6H2,1-3H3/q+1. The summed E-state index contributed by atoms with van der Waals surface area (Å²) in [7, 11) is 4.40. The molecule has 1 aliphatic rings. The van der Waals surface area contributed by atoms with Gasteiger partial charge in [-0.15, -0.1) is 0 Å². The minimum absolute atomic E-state index is 0.316. The lowest BCUT2D eigenvalue weighted by atomic mass is 10.4. The number of rotatable bonds is 3. The van der Waals surface area contributed by atoms with Crippen LogP contribution in [0, 0.1) is 5.92 Å². The summed E-state index contributed by atoms with van der Waals surface area (Å²) in [5, 5.41) is 8.75. The van der Waals surface area contributed by atoms with Crippen LogP contribution in [0.15, 0.2) is 0 Å². The van der Waals surface area contributed by atoms with Gasteiger partial charge in [0.05, 0.1) is 26.7 Å². The highest BCUT2D eigenvalue weighted by molar-refractivity contribution is 4.83. The van der Waals surface area contributed by atoms with E-state index in [-0.39, 0.29) is 0 Å². The number of quaternary nitrogens is 1. The third-order valence-electron chi connectivity index (χ3n) is 2.64. The first-order chi connectivity index (χ1) is 4.58. The van der Waals surface area contributed by atoms with Crippen molar-refractivity contribution in [2.24, 2.45) is 5.92 Å². The molecule has 1 aliphatic carbocycles. The Morgan fingerprint density at radius 1 is 1.50 bits per heavy atom. The first-order valence-electron chi connectivity index (χ1n) is 4.01. The van der Waals surface area contributed by atoms with Crippen molar-refractivity contribution in [2.45, 2.75) is 19.4 Å². The van der Waals surface area contributed by atoms with Crippen LogP contribution in [0.1, 0.15) is 13.3 Å². The van der Waals surface area contributed by atoms with Crippen LogP contribution in [-0.2, 0) is 0 Å². The molecule has 0 saturated heterocycles. The van der Waals surface area contributed by atoms with Crippen molar-refractivity contribution >= 4 is 0 Å². The van der Waals surface area contributed by atoms with E-state index < -0.39 is 0 Å². The fraction of sp³-hybridized carbons (Fsp3) is 1.00. The average Bonchev–Trinajstić information content (AvgIpc) is 2.46. The number of hydrogen-bond acceptors (Lipinski definition) is 1. The van der Waals surface area contributed by atoms with Gasteiger partial charge in [0.2, 0.25) is 0 Å². The van der Waals surface area contributed by atoms with Crippen LogP contribution < -0.4 is 0 Å². The van der Waals surface area contributed by atoms with Gasteiger partial charge in [-0.25, -0.2) is 0 Å². The van der Waals surface area contributed by atoms with Gasteiger partial charge in [0.25, 0.3) is 0 Å². The first kappa shape index (κ1) is 8.02. The molecule has 2 nitrogen and oxygen atoms in total. The minimum atomic E-state index is 0.316. The van der Waals surface area contributed by atoms with Crippen molar-refractivity contribution in [2.75, 3.05) is 27.2 Å². The van der Waals surface area contributed by atoms with Crippen molar-refractivity contribution in [3.05, 3.63) is 0 Å². The maximum Gasteiger partial charge on any atom is 0.102 e. The lowest BCUT2D eigenvalue weighted by Gasteiger charge is -2.29. The van der Waals surface area contributed by atoms with E-state index in [4.69, 9.17) is 5.11 Å². The van der Waals surface area contributed by atoms with Crippen LogP contribution in [0.25, 0.3) is 0 Å². The molecule has 2 heteroatoms. The summed E-state index contributed by atoms with van der Waals surface area (Å²) in [4.78, 5) is 0. The molecule has 0 aromatic heterocycles. The van der Waals surface area contributed by atoms with Crippen LogP contribution in [0.4, 0.5) is 0 Å². The number of hydrogen-bond donors (Lipinski definition) is 1. The second-order valence-electron chi connectivity index (χ2n) is 4.01. The molecule has 10 heavy (non-hydrogen) atoms. The molecule has 0 heterocycles. The van der Waals surface area contributed by atoms with Crippen molar-refractivity contribution in [3.63, 3.8) is 0 Å². The second kappa shape index (κ2) is 2.51. The predicted octanol–water partition coefficient (Wildman–Crippen LogP) is 0.464. The second-order valence-corrected chi connectivity index (χ2v) is 4.01. The Morgan fingerprint density at radius 3 is 2.30 bits per heavy atom. The highest BCUT2D eigenvalue weighted by atomic mass is 16.3. The third kappa shape index (κ3) is 1.50. The van der Waals surface area contributed by atoms with E-state index in [1.54, 1.807) is 0 Å². The quantitative estimate of drug-likeness (QED) is 0.571. The van der Waals surface area contributed by atoms with Crippen molar-refractivity contribution in [1.82, 2.24) is 0 Å². The summed E-state index contributed by atoms with van der Waals surface area (Å²) in [6, 6.07) is 0.812. The Kier molecular flexibility index (Phi) is 2.02. The number of likely N-dealkylation sites (N-methyl/N-ethyl adjacent to an activating group) is 1. The number of aliphatic hydroxyl groups excluding tert-OH is 1. The fourth-order valence-electron chi connectivity index (χ4n) is 1.70. The molecule has 1 fully saturated rings. The third-order valence-corrected chi connectivity index (χ3v) is 2.64. The molecule has 1 N–H and O–H groups in total. The zero-order valence-electron chi connectivity index (χ0n) is 7.17. The first-order valence-corrected chi connectivity index (χ1v) is 4.01. The monoisotopic (exact) mass is 144 g/mol. The molecule has 0 aromatic rings. The van der Waals surface area contributed by atoms with Crippen LogP contribution in [0.5, 0.6) is 0 Å². The Morgan fingerprint density at radius 2 is 2.00 bits per heavy atom. The molecule has 2 unspecified atom stereocenters. The van der Waals surface area contributed by atoms with E-state index in [2.05, 4.69) is 21.0 Å². The van der Waals surface area contributed by atoms with E-state index in [1.807, 2.05) is 0 Å². The van der Waals surface area contributed by atoms with E-state index >= 15 is 0 Å². The van der Waals surface area contributed by atoms with Crippen LogP contribution in [0.3, 0.4) is 0 Å². The molecule has 0 aliphatic heterocycles. The molecule has 1 rings (SSSR count). The summed E-state index contributed by atoms with van der Waals surface area (Å²) in [6.07, 6.45) is 1.34. The van der Waals surface area contributed by atoms with Crippen molar-refractivity contribution in [3.8, 4) is 0 Å². The zero-order valence-corrected chi connectivity index (χ0v) is 7.17. The van der Waals surface area contributed by atoms with Gasteiger partial charge in [0, 0.05) is 12.3 Å². The van der Waals surface area contributed by atoms with Crippen LogP contribution in [0.2, 0.25) is 0 Å². The summed E-state index contributed by atoms with van der Waals surface area (Å²) < 4.78 is 0.998. The summed E-state index contributed by atoms with van der Waals surface area (Å²) in [5.41, 5.74) is 0. The van der Waals surface area contributed by atoms with Gasteiger partial charge in [-0.05, 0) is 0 Å². The molecule has 0 aromatic carbocycles. The smallest absolute Gasteiger partial charge is 0.102 e.